The topological polar surface area (TPSA) is 42.1 Å². The molecule has 0 saturated carbocycles. The molecule has 1 aromatic carbocycles. The van der Waals surface area contributed by atoms with E-state index in [2.05, 4.69) is 0 Å². The van der Waals surface area contributed by atoms with E-state index in [0.29, 0.717) is 5.56 Å². The SMILES string of the molecule is O=C(c1ccccc1)C1OC1C12C=CC=CC1O2. The van der Waals surface area contributed by atoms with Crippen LogP contribution in [-0.2, 0) is 9.47 Å². The summed E-state index contributed by atoms with van der Waals surface area (Å²) in [6.07, 6.45) is 7.53. The third-order valence-electron chi connectivity index (χ3n) is 3.73. The predicted molar refractivity (Wildman–Crippen MR) is 65.3 cm³/mol. The van der Waals surface area contributed by atoms with Crippen LogP contribution in [0.15, 0.2) is 54.6 Å². The van der Waals surface area contributed by atoms with E-state index in [4.69, 9.17) is 9.47 Å². The molecule has 2 heterocycles. The van der Waals surface area contributed by atoms with Crippen LogP contribution in [0.2, 0.25) is 0 Å². The maximum absolute atomic E-state index is 12.2. The zero-order valence-electron chi connectivity index (χ0n) is 9.65. The molecular formula is C15H12O3. The standard InChI is InChI=1S/C15H12O3/c16-12(10-6-2-1-3-7-10)13-14(17-13)15-9-5-4-8-11(15)18-15/h1-9,11,13-14H. The van der Waals surface area contributed by atoms with Crippen molar-refractivity contribution in [2.45, 2.75) is 23.9 Å². The van der Waals surface area contributed by atoms with Gasteiger partial charge in [-0.25, -0.2) is 0 Å². The number of ether oxygens (including phenoxy) is 2. The van der Waals surface area contributed by atoms with Gasteiger partial charge in [-0.3, -0.25) is 4.79 Å². The van der Waals surface area contributed by atoms with Crippen LogP contribution >= 0.6 is 0 Å². The third kappa shape index (κ3) is 1.35. The van der Waals surface area contributed by atoms with Crippen molar-refractivity contribution < 1.29 is 14.3 Å². The Morgan fingerprint density at radius 1 is 1.17 bits per heavy atom. The van der Waals surface area contributed by atoms with Gasteiger partial charge >= 0.3 is 0 Å². The Labute approximate surface area is 105 Å². The van der Waals surface area contributed by atoms with E-state index in [1.165, 1.54) is 0 Å². The monoisotopic (exact) mass is 240 g/mol. The van der Waals surface area contributed by atoms with Crippen LogP contribution in [0.3, 0.4) is 0 Å². The highest BCUT2D eigenvalue weighted by atomic mass is 16.7. The highest BCUT2D eigenvalue weighted by Crippen LogP contribution is 2.52. The lowest BCUT2D eigenvalue weighted by molar-refractivity contribution is 0.0953. The molecule has 4 rings (SSSR count). The highest BCUT2D eigenvalue weighted by Gasteiger charge is 2.70. The first-order valence-electron chi connectivity index (χ1n) is 6.10. The molecule has 1 aliphatic carbocycles. The van der Waals surface area contributed by atoms with Gasteiger partial charge in [0.1, 0.15) is 17.8 Å². The Kier molecular flexibility index (Phi) is 1.93. The average molecular weight is 240 g/mol. The summed E-state index contributed by atoms with van der Waals surface area (Å²) in [6, 6.07) is 9.27. The van der Waals surface area contributed by atoms with Gasteiger partial charge in [-0.05, 0) is 6.08 Å². The summed E-state index contributed by atoms with van der Waals surface area (Å²) in [5.41, 5.74) is 0.332. The summed E-state index contributed by atoms with van der Waals surface area (Å²) in [5, 5.41) is 0. The van der Waals surface area contributed by atoms with Gasteiger partial charge in [0.25, 0.3) is 0 Å². The number of Topliss-reactive ketones (excluding diaryl/α,β-unsaturated/α-hetero) is 1. The molecule has 18 heavy (non-hydrogen) atoms. The molecule has 0 spiro atoms. The van der Waals surface area contributed by atoms with E-state index in [0.717, 1.165) is 0 Å². The van der Waals surface area contributed by atoms with Gasteiger partial charge in [-0.2, -0.15) is 0 Å². The normalized spacial score (nSPS) is 39.2. The maximum atomic E-state index is 12.2. The first-order valence-corrected chi connectivity index (χ1v) is 6.10. The first-order chi connectivity index (χ1) is 8.81. The molecule has 2 saturated heterocycles. The molecule has 0 aromatic heterocycles. The quantitative estimate of drug-likeness (QED) is 0.598. The molecular weight excluding hydrogens is 228 g/mol. The van der Waals surface area contributed by atoms with E-state index in [1.54, 1.807) is 0 Å². The summed E-state index contributed by atoms with van der Waals surface area (Å²) >= 11 is 0. The fourth-order valence-corrected chi connectivity index (χ4v) is 2.63. The number of benzene rings is 1. The Balaban J connectivity index is 1.53. The van der Waals surface area contributed by atoms with Crippen LogP contribution in [0.25, 0.3) is 0 Å². The highest BCUT2D eigenvalue weighted by molar-refractivity contribution is 6.01. The summed E-state index contributed by atoms with van der Waals surface area (Å²) in [4.78, 5) is 12.2. The van der Waals surface area contributed by atoms with Crippen LogP contribution < -0.4 is 0 Å². The minimum atomic E-state index is -0.371. The van der Waals surface area contributed by atoms with E-state index in [1.807, 2.05) is 54.6 Å². The minimum absolute atomic E-state index is 0.0483. The fraction of sp³-hybridized carbons (Fsp3) is 0.267. The van der Waals surface area contributed by atoms with Crippen molar-refractivity contribution in [3.05, 3.63) is 60.2 Å². The number of hydrogen-bond acceptors (Lipinski definition) is 3. The number of epoxide rings is 2. The Morgan fingerprint density at radius 3 is 2.78 bits per heavy atom. The molecule has 0 amide bonds. The fourth-order valence-electron chi connectivity index (χ4n) is 2.63. The summed E-state index contributed by atoms with van der Waals surface area (Å²) < 4.78 is 11.2. The number of allylic oxidation sites excluding steroid dienone is 2. The molecule has 3 heteroatoms. The number of carbonyl (C=O) groups is 1. The van der Waals surface area contributed by atoms with Crippen LogP contribution in [0.1, 0.15) is 10.4 Å². The maximum Gasteiger partial charge on any atom is 0.194 e. The Hall–Kier alpha value is -1.71. The van der Waals surface area contributed by atoms with E-state index in [9.17, 15) is 4.79 Å². The van der Waals surface area contributed by atoms with Crippen LogP contribution in [0, 0.1) is 0 Å². The van der Waals surface area contributed by atoms with Gasteiger partial charge < -0.3 is 9.47 Å². The van der Waals surface area contributed by atoms with Gasteiger partial charge in [-0.15, -0.1) is 0 Å². The lowest BCUT2D eigenvalue weighted by Gasteiger charge is -2.04. The van der Waals surface area contributed by atoms with Gasteiger partial charge in [0.15, 0.2) is 11.9 Å². The predicted octanol–water partition coefficient (Wildman–Crippen LogP) is 1.90. The summed E-state index contributed by atoms with van der Waals surface area (Å²) in [5.74, 6) is 0.0483. The third-order valence-corrected chi connectivity index (χ3v) is 3.73. The molecule has 0 N–H and O–H groups in total. The van der Waals surface area contributed by atoms with Crippen molar-refractivity contribution in [3.63, 3.8) is 0 Å². The zero-order valence-corrected chi connectivity index (χ0v) is 9.65. The van der Waals surface area contributed by atoms with Crippen molar-refractivity contribution >= 4 is 5.78 Å². The molecule has 90 valence electrons. The molecule has 3 aliphatic rings. The number of fused-ring (bicyclic) bond motifs is 1. The molecule has 2 fully saturated rings. The Morgan fingerprint density at radius 2 is 2.00 bits per heavy atom. The summed E-state index contributed by atoms with van der Waals surface area (Å²) in [6.45, 7) is 0. The molecule has 0 radical (unpaired) electrons. The van der Waals surface area contributed by atoms with Crippen molar-refractivity contribution in [2.24, 2.45) is 0 Å². The van der Waals surface area contributed by atoms with Gasteiger partial charge in [0, 0.05) is 5.56 Å². The van der Waals surface area contributed by atoms with Crippen molar-refractivity contribution in [1.82, 2.24) is 0 Å². The molecule has 1 aromatic rings. The van der Waals surface area contributed by atoms with E-state index < -0.39 is 0 Å². The molecule has 2 aliphatic heterocycles. The summed E-state index contributed by atoms with van der Waals surface area (Å²) in [7, 11) is 0. The molecule has 4 atom stereocenters. The smallest absolute Gasteiger partial charge is 0.194 e. The number of ketones is 1. The zero-order chi connectivity index (χ0) is 12.2. The average Bonchev–Trinajstić information content (AvgIpc) is 3.30. The minimum Gasteiger partial charge on any atom is -0.357 e. The first kappa shape index (κ1) is 10.2. The van der Waals surface area contributed by atoms with Crippen molar-refractivity contribution in [1.29, 1.82) is 0 Å². The number of hydrogen-bond donors (Lipinski definition) is 0. The van der Waals surface area contributed by atoms with Gasteiger partial charge in [0.05, 0.1) is 0 Å². The number of rotatable bonds is 3. The number of carbonyl (C=O) groups excluding carboxylic acids is 1. The largest absolute Gasteiger partial charge is 0.357 e. The van der Waals surface area contributed by atoms with E-state index >= 15 is 0 Å². The molecule has 0 bridgehead atoms. The molecule has 3 nitrogen and oxygen atoms in total. The van der Waals surface area contributed by atoms with Crippen LogP contribution in [0.5, 0.6) is 0 Å². The second-order valence-electron chi connectivity index (χ2n) is 4.84. The van der Waals surface area contributed by atoms with Crippen molar-refractivity contribution in [2.75, 3.05) is 0 Å². The second kappa shape index (κ2) is 3.40. The van der Waals surface area contributed by atoms with Gasteiger partial charge in [0.2, 0.25) is 0 Å². The lowest BCUT2D eigenvalue weighted by atomic mass is 9.93. The van der Waals surface area contributed by atoms with Crippen molar-refractivity contribution in [3.8, 4) is 0 Å². The lowest BCUT2D eigenvalue weighted by Crippen LogP contribution is -2.25. The van der Waals surface area contributed by atoms with Gasteiger partial charge in [-0.1, -0.05) is 48.6 Å². The van der Waals surface area contributed by atoms with E-state index in [-0.39, 0.29) is 29.7 Å². The Bertz CT molecular complexity index is 560. The van der Waals surface area contributed by atoms with Crippen LogP contribution in [-0.4, -0.2) is 29.7 Å². The molecule has 4 unspecified atom stereocenters. The second-order valence-corrected chi connectivity index (χ2v) is 4.84. The van der Waals surface area contributed by atoms with Crippen LogP contribution in [0.4, 0.5) is 0 Å².